The SMILES string of the molecule is CC=CC(=O)O.[Ca+2].[H-].[H-].[Zn]. The molecular formula is C4H8CaO2Zn. The van der Waals surface area contributed by atoms with Crippen molar-refractivity contribution in [2.45, 2.75) is 6.92 Å². The average molecular weight is 194 g/mol. The van der Waals surface area contributed by atoms with Crippen LogP contribution in [0.2, 0.25) is 0 Å². The van der Waals surface area contributed by atoms with Gasteiger partial charge in [0.25, 0.3) is 0 Å². The predicted octanol–water partition coefficient (Wildman–Crippen LogP) is 0.489. The molecule has 0 radical (unpaired) electrons. The van der Waals surface area contributed by atoms with Crippen molar-refractivity contribution in [3.63, 3.8) is 0 Å². The number of allylic oxidation sites excluding steroid dienone is 1. The second-order valence-corrected chi connectivity index (χ2v) is 0.838. The third-order valence-corrected chi connectivity index (χ3v) is 0.309. The van der Waals surface area contributed by atoms with Crippen molar-refractivity contribution in [3.8, 4) is 0 Å². The number of aliphatic carboxylic acids is 1. The first kappa shape index (κ1) is 16.0. The summed E-state index contributed by atoms with van der Waals surface area (Å²) >= 11 is 0. The molecular weight excluding hydrogens is 186 g/mol. The van der Waals surface area contributed by atoms with Gasteiger partial charge in [-0.05, 0) is 6.92 Å². The molecule has 0 aromatic heterocycles. The molecule has 0 aromatic carbocycles. The van der Waals surface area contributed by atoms with Crippen molar-refractivity contribution in [2.75, 3.05) is 0 Å². The topological polar surface area (TPSA) is 37.3 Å². The first-order valence-electron chi connectivity index (χ1n) is 1.63. The second kappa shape index (κ2) is 11.0. The summed E-state index contributed by atoms with van der Waals surface area (Å²) in [7, 11) is 0. The molecule has 0 aliphatic heterocycles. The van der Waals surface area contributed by atoms with Gasteiger partial charge in [-0.25, -0.2) is 4.79 Å². The van der Waals surface area contributed by atoms with Crippen LogP contribution in [0.15, 0.2) is 12.2 Å². The van der Waals surface area contributed by atoms with Crippen molar-refractivity contribution in [3.05, 3.63) is 12.2 Å². The molecule has 0 fully saturated rings. The number of carbonyl (C=O) groups is 1. The molecule has 0 saturated heterocycles. The standard InChI is InChI=1S/C4H6O2.Ca.Zn.2H/c1-2-3-4(5)6;;;;/h2-3H,1H3,(H,5,6);;;;/q;+2;;2*-1. The minimum Gasteiger partial charge on any atom is -1.00 e. The van der Waals surface area contributed by atoms with Gasteiger partial charge in [-0.2, -0.15) is 0 Å². The number of hydrogen-bond acceptors (Lipinski definition) is 1. The minimum absolute atomic E-state index is 0. The Bertz CT molecular complexity index is 89.3. The average Bonchev–Trinajstić information content (AvgIpc) is 1.35. The van der Waals surface area contributed by atoms with Crippen LogP contribution in [0.1, 0.15) is 9.78 Å². The van der Waals surface area contributed by atoms with Gasteiger partial charge < -0.3 is 7.96 Å². The van der Waals surface area contributed by atoms with E-state index in [1.54, 1.807) is 6.92 Å². The number of carboxylic acids is 1. The van der Waals surface area contributed by atoms with Crippen LogP contribution < -0.4 is 0 Å². The molecule has 0 aliphatic rings. The zero-order valence-corrected chi connectivity index (χ0v) is 10.1. The summed E-state index contributed by atoms with van der Waals surface area (Å²) in [5, 5.41) is 7.83. The Morgan fingerprint density at radius 2 is 2.12 bits per heavy atom. The molecule has 40 valence electrons. The monoisotopic (exact) mass is 192 g/mol. The number of hydrogen-bond donors (Lipinski definition) is 1. The largest absolute Gasteiger partial charge is 2.00 e. The van der Waals surface area contributed by atoms with Crippen LogP contribution in [0.5, 0.6) is 0 Å². The molecule has 8 heavy (non-hydrogen) atoms. The van der Waals surface area contributed by atoms with Gasteiger partial charge in [-0.3, -0.25) is 0 Å². The van der Waals surface area contributed by atoms with Crippen molar-refractivity contribution >= 4 is 43.7 Å². The summed E-state index contributed by atoms with van der Waals surface area (Å²) in [4.78, 5) is 9.51. The van der Waals surface area contributed by atoms with E-state index in [2.05, 4.69) is 0 Å². The van der Waals surface area contributed by atoms with Crippen LogP contribution in [0.25, 0.3) is 0 Å². The third-order valence-electron chi connectivity index (χ3n) is 0.309. The van der Waals surface area contributed by atoms with Crippen LogP contribution in [0.3, 0.4) is 0 Å². The van der Waals surface area contributed by atoms with Gasteiger partial charge in [0.2, 0.25) is 0 Å². The Morgan fingerprint density at radius 3 is 2.12 bits per heavy atom. The molecule has 0 spiro atoms. The van der Waals surface area contributed by atoms with Crippen molar-refractivity contribution in [1.29, 1.82) is 0 Å². The zero-order valence-electron chi connectivity index (χ0n) is 6.92. The summed E-state index contributed by atoms with van der Waals surface area (Å²) in [6, 6.07) is 0. The predicted molar refractivity (Wildman–Crippen MR) is 30.4 cm³/mol. The minimum atomic E-state index is -0.891. The van der Waals surface area contributed by atoms with Gasteiger partial charge in [0.05, 0.1) is 0 Å². The van der Waals surface area contributed by atoms with Crippen molar-refractivity contribution in [2.24, 2.45) is 0 Å². The molecule has 0 unspecified atom stereocenters. The van der Waals surface area contributed by atoms with Gasteiger partial charge in [-0.1, -0.05) is 6.08 Å². The molecule has 4 heteroatoms. The maximum atomic E-state index is 9.51. The van der Waals surface area contributed by atoms with Gasteiger partial charge in [-0.15, -0.1) is 0 Å². The molecule has 0 aromatic rings. The zero-order chi connectivity index (χ0) is 4.99. The molecule has 0 atom stereocenters. The molecule has 0 rings (SSSR count). The summed E-state index contributed by atoms with van der Waals surface area (Å²) < 4.78 is 0. The smallest absolute Gasteiger partial charge is 1.00 e. The van der Waals surface area contributed by atoms with E-state index in [0.717, 1.165) is 6.08 Å². The quantitative estimate of drug-likeness (QED) is 0.486. The Labute approximate surface area is 94.1 Å². The second-order valence-electron chi connectivity index (χ2n) is 0.838. The van der Waals surface area contributed by atoms with Crippen LogP contribution >= 0.6 is 0 Å². The first-order valence-corrected chi connectivity index (χ1v) is 1.63. The number of rotatable bonds is 1. The van der Waals surface area contributed by atoms with E-state index in [1.165, 1.54) is 6.08 Å². The summed E-state index contributed by atoms with van der Waals surface area (Å²) in [6.07, 6.45) is 2.56. The fourth-order valence-electron chi connectivity index (χ4n) is 0.143. The maximum Gasteiger partial charge on any atom is 2.00 e. The molecule has 0 heterocycles. The molecule has 0 saturated carbocycles. The Morgan fingerprint density at radius 1 is 1.75 bits per heavy atom. The first-order chi connectivity index (χ1) is 2.77. The summed E-state index contributed by atoms with van der Waals surface area (Å²) in [6.45, 7) is 1.66. The van der Waals surface area contributed by atoms with Gasteiger partial charge >= 0.3 is 43.7 Å². The van der Waals surface area contributed by atoms with Crippen LogP contribution in [0, 0.1) is 0 Å². The van der Waals surface area contributed by atoms with E-state index in [0.29, 0.717) is 0 Å². The molecule has 1 N–H and O–H groups in total. The van der Waals surface area contributed by atoms with Crippen LogP contribution in [0.4, 0.5) is 0 Å². The van der Waals surface area contributed by atoms with Crippen LogP contribution in [-0.4, -0.2) is 48.8 Å². The Kier molecular flexibility index (Phi) is 22.0. The van der Waals surface area contributed by atoms with E-state index < -0.39 is 5.97 Å². The van der Waals surface area contributed by atoms with E-state index in [1.807, 2.05) is 0 Å². The van der Waals surface area contributed by atoms with E-state index >= 15 is 0 Å². The van der Waals surface area contributed by atoms with Gasteiger partial charge in [0, 0.05) is 25.6 Å². The van der Waals surface area contributed by atoms with E-state index in [4.69, 9.17) is 5.11 Å². The fraction of sp³-hybridized carbons (Fsp3) is 0.250. The fourth-order valence-corrected chi connectivity index (χ4v) is 0.143. The molecule has 0 aliphatic carbocycles. The summed E-state index contributed by atoms with van der Waals surface area (Å²) in [5.41, 5.74) is 0. The van der Waals surface area contributed by atoms with Crippen LogP contribution in [-0.2, 0) is 24.3 Å². The third kappa shape index (κ3) is 15.7. The van der Waals surface area contributed by atoms with E-state index in [-0.39, 0.29) is 60.1 Å². The Hall–Kier alpha value is 1.09. The molecule has 0 amide bonds. The van der Waals surface area contributed by atoms with Gasteiger partial charge in [0.1, 0.15) is 0 Å². The Balaban J connectivity index is -0.0000000208. The van der Waals surface area contributed by atoms with Gasteiger partial charge in [0.15, 0.2) is 0 Å². The number of carboxylic acid groups (broad SMARTS) is 1. The normalized spacial score (nSPS) is 7.12. The van der Waals surface area contributed by atoms with Crippen molar-refractivity contribution in [1.82, 2.24) is 0 Å². The summed E-state index contributed by atoms with van der Waals surface area (Å²) in [5.74, 6) is -0.891. The van der Waals surface area contributed by atoms with Crippen molar-refractivity contribution < 1.29 is 32.2 Å². The molecule has 2 nitrogen and oxygen atoms in total. The molecule has 0 bridgehead atoms. The maximum absolute atomic E-state index is 9.51. The van der Waals surface area contributed by atoms with E-state index in [9.17, 15) is 4.79 Å².